The maximum atomic E-state index is 13.0. The fraction of sp³-hybridized carbons (Fsp3) is 0.462. The Morgan fingerprint density at radius 2 is 1.54 bits per heavy atom. The van der Waals surface area contributed by atoms with Crippen molar-refractivity contribution in [2.45, 2.75) is 30.5 Å². The van der Waals surface area contributed by atoms with Gasteiger partial charge in [-0.15, -0.1) is 0 Å². The number of hydrogen-bond acceptors (Lipinski definition) is 3. The van der Waals surface area contributed by atoms with Gasteiger partial charge in [-0.1, -0.05) is 0 Å². The molecule has 134 valence electrons. The van der Waals surface area contributed by atoms with Gasteiger partial charge in [-0.2, -0.15) is 17.9 Å². The van der Waals surface area contributed by atoms with Gasteiger partial charge in [0, 0.05) is 18.6 Å². The van der Waals surface area contributed by atoms with E-state index in [1.54, 1.807) is 4.72 Å². The summed E-state index contributed by atoms with van der Waals surface area (Å²) in [5, 5.41) is 0. The van der Waals surface area contributed by atoms with Gasteiger partial charge in [-0.3, -0.25) is 9.13 Å². The third kappa shape index (κ3) is 3.00. The first-order chi connectivity index (χ1) is 10.7. The van der Waals surface area contributed by atoms with Gasteiger partial charge in [0.2, 0.25) is 10.0 Å². The Kier molecular flexibility index (Phi) is 4.43. The molecule has 0 aliphatic carbocycles. The van der Waals surface area contributed by atoms with Crippen LogP contribution in [0.3, 0.4) is 0 Å². The molecule has 0 unspecified atom stereocenters. The van der Waals surface area contributed by atoms with E-state index < -0.39 is 21.7 Å². The summed E-state index contributed by atoms with van der Waals surface area (Å²) in [6.45, 7) is 1.46. The Morgan fingerprint density at radius 3 is 2.00 bits per heavy atom. The third-order valence-corrected chi connectivity index (χ3v) is 6.33. The lowest BCUT2D eigenvalue weighted by Gasteiger charge is -2.28. The standard InChI is InChI=1S/C13H15BrF3N3O3S/c1-12(2,13(15,16)17)18-24(22,23)10-6-9-8(5-7(10)14)19(3)11(21)20(9)4/h5-6,18H,1-4H3. The molecule has 0 aliphatic rings. The Labute approximate surface area is 144 Å². The minimum atomic E-state index is -4.77. The first-order valence-electron chi connectivity index (χ1n) is 6.65. The lowest BCUT2D eigenvalue weighted by atomic mass is 10.1. The highest BCUT2D eigenvalue weighted by Crippen LogP contribution is 2.33. The predicted octanol–water partition coefficient (Wildman–Crippen LogP) is 2.26. The lowest BCUT2D eigenvalue weighted by Crippen LogP contribution is -2.54. The molecule has 0 radical (unpaired) electrons. The Balaban J connectivity index is 2.66. The molecule has 2 aromatic rings. The zero-order valence-corrected chi connectivity index (χ0v) is 15.6. The molecule has 0 saturated heterocycles. The minimum Gasteiger partial charge on any atom is -0.295 e. The molecule has 6 nitrogen and oxygen atoms in total. The molecule has 1 N–H and O–H groups in total. The van der Waals surface area contributed by atoms with Crippen LogP contribution in [0.25, 0.3) is 11.0 Å². The van der Waals surface area contributed by atoms with Crippen molar-refractivity contribution < 1.29 is 21.6 Å². The number of aryl methyl sites for hydroxylation is 2. The van der Waals surface area contributed by atoms with Crippen LogP contribution in [0.1, 0.15) is 13.8 Å². The van der Waals surface area contributed by atoms with Gasteiger partial charge in [-0.25, -0.2) is 13.2 Å². The van der Waals surface area contributed by atoms with E-state index in [0.717, 1.165) is 19.9 Å². The van der Waals surface area contributed by atoms with Gasteiger partial charge in [0.1, 0.15) is 5.54 Å². The van der Waals surface area contributed by atoms with Crippen LogP contribution in [0.4, 0.5) is 13.2 Å². The fourth-order valence-electron chi connectivity index (χ4n) is 2.16. The second kappa shape index (κ2) is 5.60. The number of alkyl halides is 3. The zero-order chi connectivity index (χ0) is 18.7. The summed E-state index contributed by atoms with van der Waals surface area (Å²) < 4.78 is 68.0. The van der Waals surface area contributed by atoms with E-state index in [9.17, 15) is 26.4 Å². The van der Waals surface area contributed by atoms with Crippen molar-refractivity contribution in [2.75, 3.05) is 0 Å². The van der Waals surface area contributed by atoms with Gasteiger partial charge >= 0.3 is 11.9 Å². The summed E-state index contributed by atoms with van der Waals surface area (Å²) in [4.78, 5) is 11.5. The van der Waals surface area contributed by atoms with E-state index in [-0.39, 0.29) is 20.6 Å². The summed E-state index contributed by atoms with van der Waals surface area (Å²) in [5.41, 5.74) is -2.29. The zero-order valence-electron chi connectivity index (χ0n) is 13.2. The van der Waals surface area contributed by atoms with Crippen molar-refractivity contribution in [2.24, 2.45) is 14.1 Å². The van der Waals surface area contributed by atoms with Crippen molar-refractivity contribution >= 4 is 37.0 Å². The molecule has 2 rings (SSSR count). The second-order valence-electron chi connectivity index (χ2n) is 5.90. The van der Waals surface area contributed by atoms with E-state index in [4.69, 9.17) is 0 Å². The Hall–Kier alpha value is -1.33. The third-order valence-electron chi connectivity index (χ3n) is 3.71. The summed E-state index contributed by atoms with van der Waals surface area (Å²) in [5.74, 6) is 0. The first-order valence-corrected chi connectivity index (χ1v) is 8.92. The van der Waals surface area contributed by atoms with E-state index >= 15 is 0 Å². The monoisotopic (exact) mass is 429 g/mol. The highest BCUT2D eigenvalue weighted by atomic mass is 79.9. The normalized spacial score (nSPS) is 13.7. The van der Waals surface area contributed by atoms with E-state index in [0.29, 0.717) is 5.52 Å². The number of imidazole rings is 1. The van der Waals surface area contributed by atoms with Crippen LogP contribution in [-0.4, -0.2) is 29.3 Å². The van der Waals surface area contributed by atoms with Crippen molar-refractivity contribution in [1.29, 1.82) is 0 Å². The topological polar surface area (TPSA) is 73.1 Å². The van der Waals surface area contributed by atoms with Crippen molar-refractivity contribution in [1.82, 2.24) is 13.9 Å². The molecule has 0 fully saturated rings. The van der Waals surface area contributed by atoms with E-state index in [1.165, 1.54) is 29.3 Å². The maximum Gasteiger partial charge on any atom is 0.407 e. The average Bonchev–Trinajstić information content (AvgIpc) is 2.60. The summed E-state index contributed by atoms with van der Waals surface area (Å²) >= 11 is 3.05. The molecule has 1 aromatic heterocycles. The average molecular weight is 430 g/mol. The molecule has 0 atom stereocenters. The highest BCUT2D eigenvalue weighted by molar-refractivity contribution is 9.10. The van der Waals surface area contributed by atoms with Gasteiger partial charge in [0.15, 0.2) is 0 Å². The SMILES string of the molecule is Cn1c(=O)n(C)c2cc(S(=O)(=O)NC(C)(C)C(F)(F)F)c(Br)cc21. The molecular formula is C13H15BrF3N3O3S. The van der Waals surface area contributed by atoms with Crippen LogP contribution in [-0.2, 0) is 24.1 Å². The lowest BCUT2D eigenvalue weighted by molar-refractivity contribution is -0.180. The summed E-state index contributed by atoms with van der Waals surface area (Å²) in [7, 11) is -1.53. The van der Waals surface area contributed by atoms with Gasteiger partial charge < -0.3 is 0 Å². The van der Waals surface area contributed by atoms with Gasteiger partial charge in [0.25, 0.3) is 0 Å². The smallest absolute Gasteiger partial charge is 0.295 e. The van der Waals surface area contributed by atoms with Crippen LogP contribution in [0.2, 0.25) is 0 Å². The van der Waals surface area contributed by atoms with Crippen molar-refractivity contribution in [3.63, 3.8) is 0 Å². The number of aromatic nitrogens is 2. The Bertz CT molecular complexity index is 974. The maximum absolute atomic E-state index is 13.0. The predicted molar refractivity (Wildman–Crippen MR) is 86.3 cm³/mol. The minimum absolute atomic E-state index is 0.0571. The Morgan fingerprint density at radius 1 is 1.08 bits per heavy atom. The molecule has 0 spiro atoms. The molecule has 0 saturated carbocycles. The number of rotatable bonds is 3. The number of fused-ring (bicyclic) bond motifs is 1. The van der Waals surface area contributed by atoms with E-state index in [2.05, 4.69) is 15.9 Å². The highest BCUT2D eigenvalue weighted by Gasteiger charge is 2.50. The number of benzene rings is 1. The molecular weight excluding hydrogens is 415 g/mol. The molecule has 0 aliphatic heterocycles. The molecule has 0 amide bonds. The number of hydrogen-bond donors (Lipinski definition) is 1. The quantitative estimate of drug-likeness (QED) is 0.812. The van der Waals surface area contributed by atoms with Gasteiger partial charge in [0.05, 0.1) is 15.9 Å². The molecule has 1 aromatic carbocycles. The van der Waals surface area contributed by atoms with Crippen LogP contribution in [0, 0.1) is 0 Å². The van der Waals surface area contributed by atoms with Crippen LogP contribution in [0.15, 0.2) is 26.3 Å². The van der Waals surface area contributed by atoms with Crippen LogP contribution < -0.4 is 10.4 Å². The van der Waals surface area contributed by atoms with E-state index in [1.807, 2.05) is 0 Å². The summed E-state index contributed by atoms with van der Waals surface area (Å²) in [6, 6.07) is 2.54. The molecule has 0 bridgehead atoms. The molecule has 1 heterocycles. The number of halogens is 4. The number of nitrogens with one attached hydrogen (secondary N) is 1. The number of sulfonamides is 1. The van der Waals surface area contributed by atoms with Crippen LogP contribution in [0.5, 0.6) is 0 Å². The van der Waals surface area contributed by atoms with Gasteiger partial charge in [-0.05, 0) is 41.9 Å². The first kappa shape index (κ1) is 19.0. The number of nitrogens with zero attached hydrogens (tertiary/aromatic N) is 2. The molecule has 11 heteroatoms. The largest absolute Gasteiger partial charge is 0.407 e. The van der Waals surface area contributed by atoms with Crippen LogP contribution >= 0.6 is 15.9 Å². The molecule has 24 heavy (non-hydrogen) atoms. The summed E-state index contributed by atoms with van der Waals surface area (Å²) in [6.07, 6.45) is -4.77. The van der Waals surface area contributed by atoms with Crippen molar-refractivity contribution in [3.05, 3.63) is 27.1 Å². The fourth-order valence-corrected chi connectivity index (χ4v) is 4.61. The van der Waals surface area contributed by atoms with Crippen molar-refractivity contribution in [3.8, 4) is 0 Å². The second-order valence-corrected chi connectivity index (χ2v) is 8.41.